The average Bonchev–Trinajstić information content (AvgIpc) is 2.20. The maximum absolute atomic E-state index is 12.5. The van der Waals surface area contributed by atoms with Crippen LogP contribution in [-0.4, -0.2) is 0 Å². The topological polar surface area (TPSA) is 23.8 Å². The second-order valence-electron chi connectivity index (χ2n) is 1.86. The van der Waals surface area contributed by atoms with Crippen molar-refractivity contribution < 1.29 is 8.28 Å². The van der Waals surface area contributed by atoms with Gasteiger partial charge < -0.3 is 0 Å². The maximum Gasteiger partial charge on any atom is 0.125 e. The summed E-state index contributed by atoms with van der Waals surface area (Å²) in [6, 6.07) is 5.10. The lowest BCUT2D eigenvalue weighted by molar-refractivity contribution is 0.623. The molecular weight excluding hydrogens is 192 g/mol. The van der Waals surface area contributed by atoms with Crippen molar-refractivity contribution in [2.45, 2.75) is 18.7 Å². The summed E-state index contributed by atoms with van der Waals surface area (Å²) in [6.07, 6.45) is 0. The highest BCUT2D eigenvalue weighted by atomic mass is 32.2. The Balaban J connectivity index is 0.000000671. The molecule has 0 radical (unpaired) electrons. The molecule has 13 heavy (non-hydrogen) atoms. The fraction of sp³-hybridized carbons (Fsp3) is 0.222. The normalized spacial score (nSPS) is 8.23. The molecule has 0 heterocycles. The van der Waals surface area contributed by atoms with Gasteiger partial charge in [-0.05, 0) is 18.2 Å². The zero-order chi connectivity index (χ0) is 10.3. The number of rotatable bonds is 1. The highest BCUT2D eigenvalue weighted by Gasteiger charge is 1.99. The average molecular weight is 201 g/mol. The van der Waals surface area contributed by atoms with Gasteiger partial charge in [0.25, 0.3) is 0 Å². The van der Waals surface area contributed by atoms with E-state index in [4.69, 9.17) is 5.26 Å². The second-order valence-corrected chi connectivity index (χ2v) is 2.49. The van der Waals surface area contributed by atoms with E-state index >= 15 is 0 Å². The SMILES string of the molecule is CC.N#Cc1cc(F)cc(SF)c1. The summed E-state index contributed by atoms with van der Waals surface area (Å²) in [5.74, 6) is -0.593. The third kappa shape index (κ3) is 3.90. The van der Waals surface area contributed by atoms with Crippen LogP contribution in [0.3, 0.4) is 0 Å². The number of nitriles is 1. The Bertz CT molecular complexity index is 307. The molecule has 0 spiro atoms. The van der Waals surface area contributed by atoms with Gasteiger partial charge in [-0.1, -0.05) is 13.8 Å². The molecule has 0 saturated heterocycles. The van der Waals surface area contributed by atoms with Crippen molar-refractivity contribution in [3.63, 3.8) is 0 Å². The molecular formula is C9H9F2NS. The molecule has 70 valence electrons. The number of hydrogen-bond acceptors (Lipinski definition) is 2. The first-order valence-corrected chi connectivity index (χ1v) is 4.47. The van der Waals surface area contributed by atoms with E-state index in [9.17, 15) is 8.28 Å². The van der Waals surface area contributed by atoms with Gasteiger partial charge in [-0.15, -0.1) is 0 Å². The number of halogens is 2. The Morgan fingerprint density at radius 3 is 2.38 bits per heavy atom. The number of hydrogen-bond donors (Lipinski definition) is 0. The van der Waals surface area contributed by atoms with Crippen molar-refractivity contribution in [2.75, 3.05) is 0 Å². The lowest BCUT2D eigenvalue weighted by atomic mass is 10.2. The Morgan fingerprint density at radius 2 is 1.92 bits per heavy atom. The Morgan fingerprint density at radius 1 is 1.31 bits per heavy atom. The first-order chi connectivity index (χ1) is 6.26. The molecule has 1 aromatic carbocycles. The number of nitrogens with zero attached hydrogens (tertiary/aromatic N) is 1. The Hall–Kier alpha value is -1.08. The highest BCUT2D eigenvalue weighted by Crippen LogP contribution is 2.20. The highest BCUT2D eigenvalue weighted by molar-refractivity contribution is 7.94. The van der Waals surface area contributed by atoms with E-state index in [2.05, 4.69) is 0 Å². The summed E-state index contributed by atoms with van der Waals surface area (Å²) < 4.78 is 24.3. The molecule has 0 amide bonds. The Kier molecular flexibility index (Phi) is 5.90. The molecule has 1 nitrogen and oxygen atoms in total. The van der Waals surface area contributed by atoms with Crippen LogP contribution >= 0.6 is 12.1 Å². The standard InChI is InChI=1S/C7H3F2NS.C2H6/c8-6-1-5(4-10)2-7(3-6)11-9;1-2/h1-3H;1-2H3. The minimum absolute atomic E-state index is 0.0786. The zero-order valence-corrected chi connectivity index (χ0v) is 8.16. The van der Waals surface area contributed by atoms with Crippen LogP contribution in [0.2, 0.25) is 0 Å². The molecule has 1 aromatic rings. The van der Waals surface area contributed by atoms with Crippen LogP contribution in [0.5, 0.6) is 0 Å². The third-order valence-corrected chi connectivity index (χ3v) is 1.50. The summed E-state index contributed by atoms with van der Waals surface area (Å²) >= 11 is -0.0786. The van der Waals surface area contributed by atoms with Gasteiger partial charge in [0.15, 0.2) is 0 Å². The molecule has 0 N–H and O–H groups in total. The fourth-order valence-corrected chi connectivity index (χ4v) is 1.00. The van der Waals surface area contributed by atoms with Gasteiger partial charge in [-0.2, -0.15) is 9.15 Å². The van der Waals surface area contributed by atoms with E-state index in [-0.39, 0.29) is 22.6 Å². The van der Waals surface area contributed by atoms with Crippen LogP contribution in [0.4, 0.5) is 8.28 Å². The van der Waals surface area contributed by atoms with Crippen molar-refractivity contribution in [2.24, 2.45) is 0 Å². The van der Waals surface area contributed by atoms with E-state index in [1.165, 1.54) is 6.07 Å². The van der Waals surface area contributed by atoms with Crippen LogP contribution in [0.15, 0.2) is 23.1 Å². The van der Waals surface area contributed by atoms with Crippen molar-refractivity contribution in [1.29, 1.82) is 5.26 Å². The van der Waals surface area contributed by atoms with Gasteiger partial charge in [-0.25, -0.2) is 4.39 Å². The van der Waals surface area contributed by atoms with Crippen LogP contribution in [0.1, 0.15) is 19.4 Å². The first-order valence-electron chi connectivity index (χ1n) is 3.75. The zero-order valence-electron chi connectivity index (χ0n) is 7.34. The van der Waals surface area contributed by atoms with Crippen LogP contribution < -0.4 is 0 Å². The van der Waals surface area contributed by atoms with E-state index in [1.54, 1.807) is 6.07 Å². The minimum Gasteiger partial charge on any atom is -0.207 e. The molecule has 0 fully saturated rings. The summed E-state index contributed by atoms with van der Waals surface area (Å²) in [7, 11) is 0. The van der Waals surface area contributed by atoms with Crippen LogP contribution in [0, 0.1) is 17.1 Å². The summed E-state index contributed by atoms with van der Waals surface area (Å²) in [5.41, 5.74) is 0.130. The Labute approximate surface area is 80.7 Å². The van der Waals surface area contributed by atoms with Crippen LogP contribution in [0.25, 0.3) is 0 Å². The van der Waals surface area contributed by atoms with Gasteiger partial charge in [0.2, 0.25) is 0 Å². The molecule has 4 heteroatoms. The van der Waals surface area contributed by atoms with Gasteiger partial charge in [-0.3, -0.25) is 0 Å². The van der Waals surface area contributed by atoms with E-state index in [0.717, 1.165) is 12.1 Å². The monoisotopic (exact) mass is 201 g/mol. The van der Waals surface area contributed by atoms with E-state index in [1.807, 2.05) is 13.8 Å². The molecule has 0 saturated carbocycles. The lowest BCUT2D eigenvalue weighted by Gasteiger charge is -1.93. The quantitative estimate of drug-likeness (QED) is 0.691. The van der Waals surface area contributed by atoms with E-state index in [0.29, 0.717) is 0 Å². The molecule has 0 atom stereocenters. The number of benzene rings is 1. The third-order valence-electron chi connectivity index (χ3n) is 1.09. The van der Waals surface area contributed by atoms with Gasteiger partial charge in [0.05, 0.1) is 23.8 Å². The first kappa shape index (κ1) is 11.9. The summed E-state index contributed by atoms with van der Waals surface area (Å²) in [4.78, 5) is 0.113. The smallest absolute Gasteiger partial charge is 0.125 e. The van der Waals surface area contributed by atoms with Crippen molar-refractivity contribution in [1.82, 2.24) is 0 Å². The van der Waals surface area contributed by atoms with Crippen molar-refractivity contribution in [3.05, 3.63) is 29.6 Å². The van der Waals surface area contributed by atoms with Gasteiger partial charge in [0, 0.05) is 4.90 Å². The second kappa shape index (κ2) is 6.44. The minimum atomic E-state index is -0.593. The predicted molar refractivity (Wildman–Crippen MR) is 49.4 cm³/mol. The van der Waals surface area contributed by atoms with E-state index < -0.39 is 5.82 Å². The van der Waals surface area contributed by atoms with Crippen molar-refractivity contribution >= 4 is 12.1 Å². The molecule has 0 bridgehead atoms. The van der Waals surface area contributed by atoms with Crippen LogP contribution in [-0.2, 0) is 0 Å². The summed E-state index contributed by atoms with van der Waals surface area (Å²) in [6.45, 7) is 4.00. The molecule has 0 aliphatic heterocycles. The molecule has 0 aromatic heterocycles. The maximum atomic E-state index is 12.5. The molecule has 0 aliphatic carbocycles. The largest absolute Gasteiger partial charge is 0.207 e. The van der Waals surface area contributed by atoms with Crippen molar-refractivity contribution in [3.8, 4) is 6.07 Å². The molecule has 1 rings (SSSR count). The van der Waals surface area contributed by atoms with Gasteiger partial charge in [0.1, 0.15) is 5.82 Å². The summed E-state index contributed by atoms with van der Waals surface area (Å²) in [5, 5.41) is 8.33. The fourth-order valence-electron chi connectivity index (χ4n) is 0.672. The van der Waals surface area contributed by atoms with Gasteiger partial charge >= 0.3 is 0 Å². The molecule has 0 unspecified atom stereocenters. The molecule has 0 aliphatic rings. The lowest BCUT2D eigenvalue weighted by Crippen LogP contribution is -1.79. The predicted octanol–water partition coefficient (Wildman–Crippen LogP) is 3.70.